The van der Waals surface area contributed by atoms with Crippen molar-refractivity contribution < 1.29 is 58.6 Å². The number of hydrogen-bond donors (Lipinski definition) is 5. The summed E-state index contributed by atoms with van der Waals surface area (Å²) in [7, 11) is 0. The van der Waals surface area contributed by atoms with Crippen molar-refractivity contribution in [3.63, 3.8) is 0 Å². The first-order valence-electron chi connectivity index (χ1n) is 43.3. The second-order valence-corrected chi connectivity index (χ2v) is 34.5. The number of aliphatic hydroxyl groups is 3. The van der Waals surface area contributed by atoms with Gasteiger partial charge in [-0.15, -0.1) is 0 Å². The molecule has 0 amide bonds. The van der Waals surface area contributed by atoms with Gasteiger partial charge in [-0.25, -0.2) is 44.3 Å². The van der Waals surface area contributed by atoms with Crippen LogP contribution in [0.15, 0.2) is 258 Å². The van der Waals surface area contributed by atoms with E-state index in [1.54, 1.807) is 62.2 Å². The summed E-state index contributed by atoms with van der Waals surface area (Å²) in [5, 5.41) is 56.6. The summed E-state index contributed by atoms with van der Waals surface area (Å²) < 4.78 is 34.3. The number of Topliss-reactive ketones (excluding diaryl/α,β-unsaturated/α-hetero) is 1. The highest BCUT2D eigenvalue weighted by atomic mass is 35.5. The van der Waals surface area contributed by atoms with Gasteiger partial charge in [-0.3, -0.25) is 28.3 Å². The molecule has 22 rings (SSSR count). The number of fused-ring (bicyclic) bond motifs is 6. The highest BCUT2D eigenvalue weighted by Gasteiger charge is 2.54. The number of carbonyl (C=O) groups excluding carboxylic acids is 4. The topological polar surface area (TPSA) is 395 Å². The summed E-state index contributed by atoms with van der Waals surface area (Å²) in [6.45, 7) is 5.17. The third-order valence-corrected chi connectivity index (χ3v) is 25.0. The Bertz CT molecular complexity index is 7240. The van der Waals surface area contributed by atoms with Gasteiger partial charge in [0.25, 0.3) is 0 Å². The number of carboxylic acid groups (broad SMARTS) is 1. The first-order valence-corrected chi connectivity index (χ1v) is 44.1. The molecule has 0 unspecified atom stereocenters. The fraction of sp³-hybridized carbons (Fsp3) is 0.268. The number of ether oxygens (including phenoxy) is 3. The molecule has 0 atom stereocenters. The largest absolute Gasteiger partial charge is 0.478 e. The minimum Gasteiger partial charge on any atom is -0.478 e. The van der Waals surface area contributed by atoms with Gasteiger partial charge in [0.1, 0.15) is 35.8 Å². The fourth-order valence-electron chi connectivity index (χ4n) is 16.4. The molecule has 0 radical (unpaired) electrons. The number of benzene rings is 2. The highest BCUT2D eigenvalue weighted by Crippen LogP contribution is 2.52. The molecule has 2 aromatic carbocycles. The standard InChI is InChI=1S/C25H23ClN6O2.C25H24N4O4.C23H22N4O3.C16H16N4O3.C8H8ClN3/c26-18-5-9-31-16-27-21(22(31)10-18)3-4-23(34)17-11-28-32(12-17)14-19-13-30-8-1-2-20(24(30)29-19)25(15-33)6-7-25;1-2-32-24(31)25(10-11-25)21-9-6-12-28-15-20(27-22(21)28)16-29-14-19(13-26-29)23(30)33-17-18-7-4-3-5-8-18;28-16-23(8-9-23)20-7-4-10-26-13-19(25-21(20)26)14-27-12-18(11-24-27)22(29)30-15-17-5-2-1-3-6-17;21-10-16(3-4-16)13-2-1-5-19-8-12(18-14(13)19)9-20-7-11(6-17-20)15(22)23;9-6-1-2-12-5-11-7(4-10)8(12)3-6/h1-2,5,8-13,16,33H,3-4,6-7,14-15H2;3-9,12-15H,2,10-11,16-17H2,1H3;1-7,10-13,28H,8-9,14-16H2;1-2,5-8,21H,3-4,9-10H2,(H,22,23);1-3,5H,4,10H2. The summed E-state index contributed by atoms with van der Waals surface area (Å²) >= 11 is 11.9. The molecule has 4 saturated carbocycles. The lowest BCUT2D eigenvalue weighted by atomic mass is 9.97. The monoisotopic (exact) mass is 1810 g/mol. The van der Waals surface area contributed by atoms with E-state index >= 15 is 0 Å². The summed E-state index contributed by atoms with van der Waals surface area (Å²) in [6, 6.07) is 42.4. The van der Waals surface area contributed by atoms with Crippen LogP contribution >= 0.6 is 23.2 Å². The molecule has 16 heterocycles. The molecular weight excluding hydrogens is 1720 g/mol. The molecule has 33 nitrogen and oxygen atoms in total. The lowest BCUT2D eigenvalue weighted by Crippen LogP contribution is -2.24. The maximum atomic E-state index is 12.8. The number of imidazole rings is 6. The first kappa shape index (κ1) is 88.0. The van der Waals surface area contributed by atoms with Gasteiger partial charge >= 0.3 is 23.9 Å². The van der Waals surface area contributed by atoms with E-state index < -0.39 is 23.3 Å². The van der Waals surface area contributed by atoms with E-state index in [9.17, 15) is 39.3 Å². The van der Waals surface area contributed by atoms with Crippen molar-refractivity contribution in [1.82, 2.24) is 95.4 Å². The Hall–Kier alpha value is -14.6. The fourth-order valence-corrected chi connectivity index (χ4v) is 16.8. The minimum absolute atomic E-state index is 0.0188. The number of ketones is 1. The summed E-state index contributed by atoms with van der Waals surface area (Å²) in [4.78, 5) is 88.5. The van der Waals surface area contributed by atoms with Crippen LogP contribution in [0.3, 0.4) is 0 Å². The predicted octanol–water partition coefficient (Wildman–Crippen LogP) is 13.0. The number of carbonyl (C=O) groups is 5. The maximum absolute atomic E-state index is 12.8. The van der Waals surface area contributed by atoms with Crippen molar-refractivity contribution in [2.45, 2.75) is 139 Å². The molecule has 0 saturated heterocycles. The molecule has 4 aliphatic rings. The smallest absolute Gasteiger partial charge is 0.341 e. The quantitative estimate of drug-likeness (QED) is 0.0165. The van der Waals surface area contributed by atoms with Crippen LogP contribution in [0.1, 0.15) is 174 Å². The Labute approximate surface area is 764 Å². The van der Waals surface area contributed by atoms with Crippen LogP contribution in [-0.4, -0.2) is 172 Å². The molecule has 0 aliphatic heterocycles. The molecule has 672 valence electrons. The van der Waals surface area contributed by atoms with E-state index in [0.29, 0.717) is 78.9 Å². The average molecular weight is 1820 g/mol. The number of carboxylic acids is 1. The van der Waals surface area contributed by atoms with Crippen LogP contribution in [0, 0.1) is 0 Å². The Morgan fingerprint density at radius 1 is 0.417 bits per heavy atom. The van der Waals surface area contributed by atoms with Gasteiger partial charge in [-0.1, -0.05) is 108 Å². The maximum Gasteiger partial charge on any atom is 0.341 e. The number of nitrogens with zero attached hydrogens (tertiary/aromatic N) is 20. The summed E-state index contributed by atoms with van der Waals surface area (Å²) in [6.07, 6.45) is 43.5. The van der Waals surface area contributed by atoms with Crippen molar-refractivity contribution >= 4 is 86.5 Å². The third-order valence-electron chi connectivity index (χ3n) is 24.5. The van der Waals surface area contributed by atoms with Crippen LogP contribution in [0.4, 0.5) is 0 Å². The van der Waals surface area contributed by atoms with Crippen LogP contribution < -0.4 is 5.73 Å². The van der Waals surface area contributed by atoms with Crippen molar-refractivity contribution in [1.29, 1.82) is 0 Å². The normalized spacial score (nSPS) is 14.4. The van der Waals surface area contributed by atoms with Crippen LogP contribution in [0.25, 0.3) is 33.6 Å². The van der Waals surface area contributed by atoms with E-state index in [0.717, 1.165) is 153 Å². The Morgan fingerprint density at radius 2 is 0.780 bits per heavy atom. The zero-order valence-electron chi connectivity index (χ0n) is 71.9. The zero-order chi connectivity index (χ0) is 91.3. The second-order valence-electron chi connectivity index (χ2n) is 33.6. The van der Waals surface area contributed by atoms with Gasteiger partial charge in [-0.05, 0) is 124 Å². The minimum atomic E-state index is -0.993. The Kier molecular flexibility index (Phi) is 25.2. The molecular formula is C97H93Cl2N21O12. The number of esters is 3. The SMILES string of the molecule is CCOC(=O)C1(c2cccn3cc(Cn4cc(C(=O)OCc5ccccc5)cn4)nc23)CC1.NCc1ncn2ccc(Cl)cc12.O=C(CCc1ncn2ccc(Cl)cc12)c1cnn(Cc2cn3cccc(C4(CO)CC4)c3n2)c1.O=C(O)c1cnn(Cc2cn3cccc(C4(CO)CC4)c3n2)c1.O=C(OCc1ccccc1)c1cnn(Cc2cn3cccc(C4(CO)CC4)c3n2)c1. The summed E-state index contributed by atoms with van der Waals surface area (Å²) in [5.74, 6) is -1.99. The van der Waals surface area contributed by atoms with Crippen LogP contribution in [0.2, 0.25) is 10.0 Å². The van der Waals surface area contributed by atoms with E-state index in [4.69, 9.17) is 63.2 Å². The number of aryl methyl sites for hydroxylation is 1. The van der Waals surface area contributed by atoms with Gasteiger partial charge < -0.3 is 66.8 Å². The number of aromatic nitrogens is 20. The Balaban J connectivity index is 0.000000114. The van der Waals surface area contributed by atoms with Crippen LogP contribution in [0.5, 0.6) is 0 Å². The van der Waals surface area contributed by atoms with Gasteiger partial charge in [0.05, 0.1) is 163 Å². The molecule has 18 aromatic rings. The number of hydrogen-bond acceptors (Lipinski definition) is 22. The molecule has 132 heavy (non-hydrogen) atoms. The number of halogens is 2. The zero-order valence-corrected chi connectivity index (χ0v) is 73.4. The number of nitrogens with two attached hydrogens (primary N) is 1. The molecule has 16 aromatic heterocycles. The Morgan fingerprint density at radius 3 is 1.15 bits per heavy atom. The number of pyridine rings is 6. The number of aliphatic hydroxyl groups excluding tert-OH is 3. The van der Waals surface area contributed by atoms with E-state index in [1.165, 1.54) is 24.8 Å². The third kappa shape index (κ3) is 19.2. The van der Waals surface area contributed by atoms with Gasteiger partial charge in [0.15, 0.2) is 5.78 Å². The van der Waals surface area contributed by atoms with Crippen LogP contribution in [-0.2, 0) is 93.0 Å². The molecule has 4 fully saturated rings. The van der Waals surface area contributed by atoms with Crippen molar-refractivity contribution in [3.05, 3.63) is 358 Å². The van der Waals surface area contributed by atoms with Crippen molar-refractivity contribution in [2.24, 2.45) is 5.73 Å². The lowest BCUT2D eigenvalue weighted by molar-refractivity contribution is -0.146. The molecule has 0 spiro atoms. The van der Waals surface area contributed by atoms with E-state index in [1.807, 2.05) is 217 Å². The first-order chi connectivity index (χ1) is 64.2. The molecule has 4 aliphatic carbocycles. The number of aromatic carboxylic acids is 1. The second kappa shape index (κ2) is 37.8. The molecule has 6 N–H and O–H groups in total. The molecule has 0 bridgehead atoms. The van der Waals surface area contributed by atoms with Crippen molar-refractivity contribution in [3.8, 4) is 0 Å². The predicted molar refractivity (Wildman–Crippen MR) is 487 cm³/mol. The van der Waals surface area contributed by atoms with E-state index in [2.05, 4.69) is 41.4 Å². The summed E-state index contributed by atoms with van der Waals surface area (Å²) in [5.41, 5.74) is 22.2. The lowest BCUT2D eigenvalue weighted by Gasteiger charge is -2.14. The molecule has 35 heteroatoms. The van der Waals surface area contributed by atoms with Gasteiger partial charge in [0, 0.05) is 148 Å². The van der Waals surface area contributed by atoms with Gasteiger partial charge in [0.2, 0.25) is 0 Å². The highest BCUT2D eigenvalue weighted by molar-refractivity contribution is 6.31. The van der Waals surface area contributed by atoms with Crippen molar-refractivity contribution in [2.75, 3.05) is 26.4 Å². The number of rotatable bonds is 29. The van der Waals surface area contributed by atoms with E-state index in [-0.39, 0.29) is 66.6 Å². The van der Waals surface area contributed by atoms with Gasteiger partial charge in [-0.2, -0.15) is 20.4 Å². The average Bonchev–Trinajstić information content (AvgIpc) is 1.58.